The first-order chi connectivity index (χ1) is 15.8. The molecule has 4 rings (SSSR count). The molecule has 168 valence electrons. The van der Waals surface area contributed by atoms with Gasteiger partial charge in [0.2, 0.25) is 0 Å². The average Bonchev–Trinajstić information content (AvgIpc) is 3.25. The molecule has 0 atom stereocenters. The average molecular weight is 462 g/mol. The summed E-state index contributed by atoms with van der Waals surface area (Å²) in [5.74, 6) is 0. The Morgan fingerprint density at radius 2 is 1.55 bits per heavy atom. The van der Waals surface area contributed by atoms with Gasteiger partial charge < -0.3 is 10.6 Å². The molecule has 0 aliphatic carbocycles. The predicted octanol–water partition coefficient (Wildman–Crippen LogP) is 4.56. The number of anilines is 3. The third kappa shape index (κ3) is 4.88. The van der Waals surface area contributed by atoms with Crippen LogP contribution in [-0.2, 0) is 17.1 Å². The van der Waals surface area contributed by atoms with E-state index < -0.39 is 10.0 Å². The minimum Gasteiger partial charge on any atom is -0.308 e. The van der Waals surface area contributed by atoms with E-state index in [1.54, 1.807) is 72.5 Å². The first kappa shape index (κ1) is 22.1. The van der Waals surface area contributed by atoms with Gasteiger partial charge in [-0.05, 0) is 54.6 Å². The Labute approximate surface area is 192 Å². The summed E-state index contributed by atoms with van der Waals surface area (Å²) >= 11 is 0. The van der Waals surface area contributed by atoms with E-state index in [2.05, 4.69) is 15.7 Å². The lowest BCUT2D eigenvalue weighted by Gasteiger charge is -2.20. The Morgan fingerprint density at radius 1 is 0.879 bits per heavy atom. The molecule has 0 unspecified atom stereocenters. The summed E-state index contributed by atoms with van der Waals surface area (Å²) in [5.41, 5.74) is 3.25. The van der Waals surface area contributed by atoms with E-state index in [1.165, 1.54) is 11.4 Å². The van der Waals surface area contributed by atoms with Crippen LogP contribution >= 0.6 is 0 Å². The third-order valence-corrected chi connectivity index (χ3v) is 6.91. The lowest BCUT2D eigenvalue weighted by molar-refractivity contribution is 0.262. The molecule has 33 heavy (non-hydrogen) atoms. The number of para-hydroxylation sites is 1. The number of urea groups is 1. The van der Waals surface area contributed by atoms with E-state index in [-0.39, 0.29) is 10.9 Å². The Kier molecular flexibility index (Phi) is 6.14. The van der Waals surface area contributed by atoms with Crippen molar-refractivity contribution in [2.75, 3.05) is 22.0 Å². The molecule has 8 nitrogen and oxygen atoms in total. The zero-order valence-electron chi connectivity index (χ0n) is 18.1. The van der Waals surface area contributed by atoms with Gasteiger partial charge in [-0.15, -0.1) is 0 Å². The number of carbonyl (C=O) groups is 1. The quantitative estimate of drug-likeness (QED) is 0.440. The maximum Gasteiger partial charge on any atom is 0.323 e. The van der Waals surface area contributed by atoms with E-state index in [1.807, 2.05) is 30.3 Å². The summed E-state index contributed by atoms with van der Waals surface area (Å²) in [7, 11) is -0.491. The van der Waals surface area contributed by atoms with Crippen LogP contribution in [0.15, 0.2) is 96.0 Å². The van der Waals surface area contributed by atoms with Gasteiger partial charge in [0, 0.05) is 37.2 Å². The lowest BCUT2D eigenvalue weighted by Crippen LogP contribution is -2.26. The zero-order valence-corrected chi connectivity index (χ0v) is 19.0. The Balaban J connectivity index is 1.49. The van der Waals surface area contributed by atoms with Gasteiger partial charge in [-0.25, -0.2) is 13.2 Å². The van der Waals surface area contributed by atoms with Crippen LogP contribution in [0.5, 0.6) is 0 Å². The monoisotopic (exact) mass is 461 g/mol. The molecule has 0 bridgehead atoms. The number of amides is 2. The van der Waals surface area contributed by atoms with Crippen molar-refractivity contribution >= 4 is 33.1 Å². The first-order valence-electron chi connectivity index (χ1n) is 10.1. The van der Waals surface area contributed by atoms with Gasteiger partial charge in [0.05, 0.1) is 16.3 Å². The van der Waals surface area contributed by atoms with Crippen LogP contribution in [0.3, 0.4) is 0 Å². The fraction of sp³-hybridized carbons (Fsp3) is 0.0833. The Bertz CT molecular complexity index is 1370. The molecule has 3 aromatic carbocycles. The first-order valence-corrected chi connectivity index (χ1v) is 11.6. The largest absolute Gasteiger partial charge is 0.323 e. The SMILES string of the molecule is CN(c1ccc(NC(=O)Nc2ccccc2)cc1)S(=O)(=O)c1cccc(-c2ccnn2C)c1. The van der Waals surface area contributed by atoms with Gasteiger partial charge in [0.25, 0.3) is 10.0 Å². The number of benzene rings is 3. The molecule has 1 aromatic heterocycles. The van der Waals surface area contributed by atoms with Crippen molar-refractivity contribution in [3.05, 3.63) is 91.1 Å². The summed E-state index contributed by atoms with van der Waals surface area (Å²) in [5, 5.41) is 9.60. The number of aryl methyl sites for hydroxylation is 1. The topological polar surface area (TPSA) is 96.3 Å². The van der Waals surface area contributed by atoms with Crippen LogP contribution in [0.1, 0.15) is 0 Å². The minimum atomic E-state index is -3.79. The molecular formula is C24H23N5O3S. The normalized spacial score (nSPS) is 11.1. The Hall–Kier alpha value is -4.11. The number of hydrogen-bond donors (Lipinski definition) is 2. The van der Waals surface area contributed by atoms with Crippen LogP contribution in [0, 0.1) is 0 Å². The highest BCUT2D eigenvalue weighted by molar-refractivity contribution is 7.92. The van der Waals surface area contributed by atoms with Crippen LogP contribution in [-0.4, -0.2) is 31.3 Å². The zero-order chi connectivity index (χ0) is 23.4. The van der Waals surface area contributed by atoms with Gasteiger partial charge in [-0.2, -0.15) is 5.10 Å². The molecule has 2 N–H and O–H groups in total. The molecule has 0 saturated carbocycles. The van der Waals surface area contributed by atoms with E-state index >= 15 is 0 Å². The highest BCUT2D eigenvalue weighted by Gasteiger charge is 2.22. The second-order valence-corrected chi connectivity index (χ2v) is 9.30. The molecule has 0 aliphatic heterocycles. The van der Waals surface area contributed by atoms with E-state index in [4.69, 9.17) is 0 Å². The molecule has 0 radical (unpaired) electrons. The summed E-state index contributed by atoms with van der Waals surface area (Å²) in [6.45, 7) is 0. The number of nitrogens with one attached hydrogen (secondary N) is 2. The summed E-state index contributed by atoms with van der Waals surface area (Å²) < 4.78 is 29.4. The maximum absolute atomic E-state index is 13.2. The molecule has 0 fully saturated rings. The number of aromatic nitrogens is 2. The van der Waals surface area contributed by atoms with Crippen molar-refractivity contribution in [1.82, 2.24) is 9.78 Å². The molecular weight excluding hydrogens is 438 g/mol. The smallest absolute Gasteiger partial charge is 0.308 e. The van der Waals surface area contributed by atoms with Crippen molar-refractivity contribution < 1.29 is 13.2 Å². The second-order valence-electron chi connectivity index (χ2n) is 7.33. The standard InChI is InChI=1S/C24H23N5O3S/c1-28-23(15-16-25-28)18-7-6-10-22(17-18)33(31,32)29(2)21-13-11-20(12-14-21)27-24(30)26-19-8-4-3-5-9-19/h3-17H,1-2H3,(H2,26,27,30). The van der Waals surface area contributed by atoms with Gasteiger partial charge in [-0.1, -0.05) is 30.3 Å². The number of sulfonamides is 1. The van der Waals surface area contributed by atoms with Crippen molar-refractivity contribution in [3.8, 4) is 11.3 Å². The van der Waals surface area contributed by atoms with Gasteiger partial charge in [-0.3, -0.25) is 8.99 Å². The van der Waals surface area contributed by atoms with Gasteiger partial charge >= 0.3 is 6.03 Å². The molecule has 1 heterocycles. The van der Waals surface area contributed by atoms with E-state index in [0.717, 1.165) is 11.3 Å². The fourth-order valence-electron chi connectivity index (χ4n) is 3.34. The summed E-state index contributed by atoms with van der Waals surface area (Å²) in [6, 6.07) is 23.9. The highest BCUT2D eigenvalue weighted by Crippen LogP contribution is 2.27. The molecule has 0 aliphatic rings. The number of nitrogens with zero attached hydrogens (tertiary/aromatic N) is 3. The lowest BCUT2D eigenvalue weighted by atomic mass is 10.1. The van der Waals surface area contributed by atoms with Crippen LogP contribution in [0.2, 0.25) is 0 Å². The summed E-state index contributed by atoms with van der Waals surface area (Å²) in [4.78, 5) is 12.3. The van der Waals surface area contributed by atoms with Crippen molar-refractivity contribution in [1.29, 1.82) is 0 Å². The van der Waals surface area contributed by atoms with Crippen LogP contribution < -0.4 is 14.9 Å². The fourth-order valence-corrected chi connectivity index (χ4v) is 4.58. The van der Waals surface area contributed by atoms with Crippen LogP contribution in [0.25, 0.3) is 11.3 Å². The van der Waals surface area contributed by atoms with Crippen molar-refractivity contribution in [2.45, 2.75) is 4.90 Å². The van der Waals surface area contributed by atoms with E-state index in [0.29, 0.717) is 17.1 Å². The maximum atomic E-state index is 13.2. The highest BCUT2D eigenvalue weighted by atomic mass is 32.2. The number of rotatable bonds is 6. The molecule has 0 spiro atoms. The third-order valence-electron chi connectivity index (χ3n) is 5.13. The Morgan fingerprint density at radius 3 is 2.18 bits per heavy atom. The van der Waals surface area contributed by atoms with Gasteiger partial charge in [0.15, 0.2) is 0 Å². The molecule has 9 heteroatoms. The predicted molar refractivity (Wildman–Crippen MR) is 130 cm³/mol. The van der Waals surface area contributed by atoms with Gasteiger partial charge in [0.1, 0.15) is 0 Å². The second kappa shape index (κ2) is 9.17. The summed E-state index contributed by atoms with van der Waals surface area (Å²) in [6.07, 6.45) is 1.67. The van der Waals surface area contributed by atoms with E-state index in [9.17, 15) is 13.2 Å². The number of hydrogen-bond acceptors (Lipinski definition) is 4. The molecule has 2 amide bonds. The minimum absolute atomic E-state index is 0.174. The van der Waals surface area contributed by atoms with Crippen LogP contribution in [0.4, 0.5) is 21.9 Å². The van der Waals surface area contributed by atoms with Crippen molar-refractivity contribution in [3.63, 3.8) is 0 Å². The number of carbonyl (C=O) groups excluding carboxylic acids is 1. The van der Waals surface area contributed by atoms with Crippen molar-refractivity contribution in [2.24, 2.45) is 7.05 Å². The molecule has 4 aromatic rings. The molecule has 0 saturated heterocycles.